The minimum atomic E-state index is -2.16. The van der Waals surface area contributed by atoms with Crippen molar-refractivity contribution in [1.82, 2.24) is 0 Å². The van der Waals surface area contributed by atoms with Crippen LogP contribution >= 0.6 is 34.4 Å². The highest BCUT2D eigenvalue weighted by atomic mass is 127. The lowest BCUT2D eigenvalue weighted by atomic mass is 9.72. The first-order chi connectivity index (χ1) is 44.1. The largest absolute Gasteiger partial charge is 0.507 e. The van der Waals surface area contributed by atoms with Crippen LogP contribution in [0.5, 0.6) is 34.5 Å². The maximum atomic E-state index is 14.4. The molecule has 15 N–H and O–H groups in total. The second kappa shape index (κ2) is 30.0. The van der Waals surface area contributed by atoms with Gasteiger partial charge in [-0.2, -0.15) is 0 Å². The number of thioether (sulfide) groups is 1. The lowest BCUT2D eigenvalue weighted by Crippen LogP contribution is -2.66. The normalized spacial score (nSPS) is 35.1. The monoisotopic (exact) mass is 1450 g/mol. The van der Waals surface area contributed by atoms with Crippen LogP contribution in [0.1, 0.15) is 85.3 Å². The van der Waals surface area contributed by atoms with Gasteiger partial charge in [0.25, 0.3) is 0 Å². The van der Waals surface area contributed by atoms with Crippen LogP contribution in [0.25, 0.3) is 0 Å². The summed E-state index contributed by atoms with van der Waals surface area (Å²) in [6.07, 6.45) is -35.5. The van der Waals surface area contributed by atoms with Crippen LogP contribution in [-0.2, 0) is 53.8 Å². The van der Waals surface area contributed by atoms with Gasteiger partial charge in [0.15, 0.2) is 41.9 Å². The number of methoxy groups -OCH3 is 3. The lowest BCUT2D eigenvalue weighted by Gasteiger charge is -2.48. The topological polar surface area (TPSA) is 492 Å². The lowest BCUT2D eigenvalue weighted by molar-refractivity contribution is -0.381. The number of carbonyl (C=O) groups is 4. The highest BCUT2D eigenvalue weighted by Gasteiger charge is 2.55. The van der Waals surface area contributed by atoms with Crippen LogP contribution in [0.3, 0.4) is 0 Å². The molecule has 93 heavy (non-hydrogen) atoms. The van der Waals surface area contributed by atoms with Crippen molar-refractivity contribution in [2.45, 2.75) is 167 Å². The van der Waals surface area contributed by atoms with E-state index in [4.69, 9.17) is 61.6 Å². The van der Waals surface area contributed by atoms with Gasteiger partial charge in [0, 0.05) is 29.5 Å². The van der Waals surface area contributed by atoms with E-state index in [9.17, 15) is 95.8 Å². The molecule has 3 aromatic carbocycles. The molecule has 4 fully saturated rings. The van der Waals surface area contributed by atoms with E-state index in [2.05, 4.69) is 0 Å². The second-order valence-corrected chi connectivity index (χ2v) is 25.1. The average Bonchev–Trinajstić information content (AvgIpc) is 0.714. The summed E-state index contributed by atoms with van der Waals surface area (Å²) in [5.74, 6) is -4.38. The molecule has 4 saturated heterocycles. The highest BCUT2D eigenvalue weighted by Crippen LogP contribution is 2.53. The van der Waals surface area contributed by atoms with Gasteiger partial charge in [-0.3, -0.25) is 19.2 Å². The number of aliphatic hydroxyl groups excluding tert-OH is 12. The Kier molecular flexibility index (Phi) is 23.4. The van der Waals surface area contributed by atoms with E-state index in [0.29, 0.717) is 11.8 Å². The number of ether oxygens (including phenoxy) is 13. The Balaban J connectivity index is 0.871. The quantitative estimate of drug-likeness (QED) is 0.0194. The molecular formula is C59H75IO32S. The number of hydrogen-bond donors (Lipinski definition) is 15. The molecule has 0 aromatic heterocycles. The summed E-state index contributed by atoms with van der Waals surface area (Å²) in [5, 5.41) is 162. The zero-order chi connectivity index (χ0) is 68.0. The van der Waals surface area contributed by atoms with Gasteiger partial charge < -0.3 is 138 Å². The maximum Gasteiger partial charge on any atom is 0.229 e. The summed E-state index contributed by atoms with van der Waals surface area (Å²) in [6.45, 7) is 0.267. The number of aliphatic hydroxyl groups is 13. The number of benzene rings is 3. The van der Waals surface area contributed by atoms with Gasteiger partial charge in [0.2, 0.25) is 22.9 Å². The van der Waals surface area contributed by atoms with E-state index in [1.807, 2.05) is 22.6 Å². The number of aromatic hydroxyl groups is 2. The molecule has 34 heteroatoms. The number of carbonyl (C=O) groups excluding carboxylic acids is 4. The van der Waals surface area contributed by atoms with Gasteiger partial charge in [-0.25, -0.2) is 0 Å². The molecular weight excluding hydrogens is 1380 g/mol. The molecule has 32 nitrogen and oxygen atoms in total. The van der Waals surface area contributed by atoms with Crippen molar-refractivity contribution in [1.29, 1.82) is 0 Å². The summed E-state index contributed by atoms with van der Waals surface area (Å²) in [4.78, 5) is 55.2. The third kappa shape index (κ3) is 13.7. The zero-order valence-electron chi connectivity index (χ0n) is 50.7. The summed E-state index contributed by atoms with van der Waals surface area (Å²) >= 11 is 2.23. The number of fused-ring (bicyclic) bond motifs is 3. The Hall–Kier alpha value is -4.66. The first-order valence-electron chi connectivity index (χ1n) is 29.3. The first-order valence-corrected chi connectivity index (χ1v) is 31.2. The van der Waals surface area contributed by atoms with Crippen molar-refractivity contribution >= 4 is 56.8 Å². The molecule has 0 radical (unpaired) electrons. The Morgan fingerprint density at radius 2 is 1.19 bits per heavy atom. The average molecular weight is 1460 g/mol. The molecule has 516 valence electrons. The van der Waals surface area contributed by atoms with Gasteiger partial charge in [-0.1, -0.05) is 23.9 Å². The summed E-state index contributed by atoms with van der Waals surface area (Å²) in [6, 6.07) is 4.26. The molecule has 4 heterocycles. The summed E-state index contributed by atoms with van der Waals surface area (Å²) < 4.78 is 75.8. The van der Waals surface area contributed by atoms with Crippen molar-refractivity contribution in [2.24, 2.45) is 0 Å². The summed E-state index contributed by atoms with van der Waals surface area (Å²) in [5.41, 5.74) is -3.78. The molecule has 0 spiro atoms. The van der Waals surface area contributed by atoms with E-state index < -0.39 is 211 Å². The fourth-order valence-electron chi connectivity index (χ4n) is 12.1. The standard InChI is InChI=1S/C59H75IO32S/c1-19-29(49(81-5)52(82-6)50(34(19)60)91-55-44(74)41(71)37(67)26(16-61)87-55)54(78)93-53-28(18-63)89-57(46(76)43(53)73)90-48-20(2)86-58(51(47(48)77)92-56-45(75)42(72)38(68)27(17-62)88-56)85-13-11-83-10-12-84-25-15-59(79,21(3)64)14-23-31(25)40(70)33-32(36(23)66)35(65)22-8-7-9-24(80-4)30(22)39(33)69/h7-9,20,25-28,37-38,41-48,51,53,55-58,61-63,66-68,70-77,79H,10-18H2,1-6H3/t20-,25+,26-,27-,28-,37-,38-,41+,42+,43-,44-,45-,46-,47+,48-,51-,53-,55+,56+,57+,58-,59+/m1/s1. The number of phenolic OH excluding ortho intramolecular Hbond substituents is 2. The van der Waals surface area contributed by atoms with Crippen LogP contribution < -0.4 is 18.9 Å². The zero-order valence-corrected chi connectivity index (χ0v) is 53.6. The predicted octanol–water partition coefficient (Wildman–Crippen LogP) is -3.59. The Morgan fingerprint density at radius 1 is 0.634 bits per heavy atom. The number of rotatable bonds is 23. The van der Waals surface area contributed by atoms with Crippen molar-refractivity contribution in [2.75, 3.05) is 67.6 Å². The smallest absolute Gasteiger partial charge is 0.229 e. The molecule has 0 bridgehead atoms. The summed E-state index contributed by atoms with van der Waals surface area (Å²) in [7, 11) is 3.68. The van der Waals surface area contributed by atoms with Crippen LogP contribution in [0.2, 0.25) is 0 Å². The van der Waals surface area contributed by atoms with E-state index in [1.54, 1.807) is 0 Å². The van der Waals surface area contributed by atoms with Crippen molar-refractivity contribution < 1.29 is 157 Å². The number of phenols is 2. The molecule has 3 aromatic rings. The molecule has 2 aliphatic carbocycles. The SMILES string of the molecule is COc1cccc2c1C(=O)c1c(O)c3c(c(O)c1C2=O)C[C@@](O)(C(C)=O)C[C@@H]3OCCOCCO[C@@H]1O[C@H](C)[C@@H](O[C@@H]2O[C@H](CO)[C@@H](SC(=O)c3c(C)c(I)c(O[C@@H]4O[C@H](CO)[C@@H](O)[C@H](O)[C@H]4O)c(OC)c3OC)[C@H](O)[C@H]2O)[C@H](O)[C@H]1O[C@@H]1O[C@H](CO)[C@@H](O)[C@H](O)[C@H]1O. The van der Waals surface area contributed by atoms with Crippen LogP contribution in [0, 0.1) is 10.5 Å². The Labute approximate surface area is 547 Å². The Morgan fingerprint density at radius 3 is 1.78 bits per heavy atom. The van der Waals surface area contributed by atoms with Gasteiger partial charge >= 0.3 is 0 Å². The Bertz CT molecular complexity index is 3220. The third-order valence-corrected chi connectivity index (χ3v) is 19.8. The molecule has 0 amide bonds. The molecule has 4 aliphatic heterocycles. The number of ketones is 3. The van der Waals surface area contributed by atoms with Crippen molar-refractivity contribution in [3.8, 4) is 34.5 Å². The minimum absolute atomic E-state index is 0.0323. The van der Waals surface area contributed by atoms with Crippen LogP contribution in [0.15, 0.2) is 18.2 Å². The molecule has 6 aliphatic rings. The first kappa shape index (κ1) is 72.6. The maximum absolute atomic E-state index is 14.4. The third-order valence-electron chi connectivity index (χ3n) is 17.3. The van der Waals surface area contributed by atoms with Gasteiger partial charge in [0.05, 0.1) is 123 Å². The number of hydrogen-bond acceptors (Lipinski definition) is 33. The van der Waals surface area contributed by atoms with Gasteiger partial charge in [-0.15, -0.1) is 0 Å². The molecule has 0 saturated carbocycles. The fraction of sp³-hybridized carbons (Fsp3) is 0.627. The van der Waals surface area contributed by atoms with Gasteiger partial charge in [-0.05, 0) is 55.0 Å². The fourth-order valence-corrected chi connectivity index (χ4v) is 14.0. The minimum Gasteiger partial charge on any atom is -0.507 e. The van der Waals surface area contributed by atoms with E-state index >= 15 is 0 Å². The number of halogens is 1. The number of Topliss-reactive ketones (excluding diaryl/α,β-unsaturated/α-hetero) is 1. The van der Waals surface area contributed by atoms with E-state index in [-0.39, 0.29) is 86.4 Å². The highest BCUT2D eigenvalue weighted by molar-refractivity contribution is 14.1. The molecule has 0 unspecified atom stereocenters. The molecule has 9 rings (SSSR count). The van der Waals surface area contributed by atoms with Crippen molar-refractivity contribution in [3.05, 3.63) is 66.3 Å². The van der Waals surface area contributed by atoms with Crippen LogP contribution in [-0.4, -0.2) is 294 Å². The van der Waals surface area contributed by atoms with Crippen LogP contribution in [0.4, 0.5) is 0 Å². The van der Waals surface area contributed by atoms with E-state index in [0.717, 1.165) is 6.92 Å². The molecule has 22 atom stereocenters. The van der Waals surface area contributed by atoms with Gasteiger partial charge in [0.1, 0.15) is 96.1 Å². The predicted molar refractivity (Wildman–Crippen MR) is 318 cm³/mol. The van der Waals surface area contributed by atoms with E-state index in [1.165, 1.54) is 53.4 Å². The second-order valence-electron chi connectivity index (χ2n) is 22.9. The van der Waals surface area contributed by atoms with Crippen molar-refractivity contribution in [3.63, 3.8) is 0 Å².